The Labute approximate surface area is 124 Å². The second kappa shape index (κ2) is 7.16. The number of amides is 1. The predicted molar refractivity (Wildman–Crippen MR) is 77.6 cm³/mol. The highest BCUT2D eigenvalue weighted by Crippen LogP contribution is 2.11. The topological polar surface area (TPSA) is 80.5 Å². The Bertz CT molecular complexity index is 511. The number of carbonyl (C=O) groups excluding carboxylic acids is 1. The molecule has 1 aromatic rings. The summed E-state index contributed by atoms with van der Waals surface area (Å²) < 4.78 is 0. The molecule has 21 heavy (non-hydrogen) atoms. The van der Waals surface area contributed by atoms with E-state index in [1.54, 1.807) is 17.0 Å². The van der Waals surface area contributed by atoms with Crippen molar-refractivity contribution in [1.82, 2.24) is 14.8 Å². The molecule has 1 fully saturated rings. The van der Waals surface area contributed by atoms with Crippen molar-refractivity contribution in [2.45, 2.75) is 19.4 Å². The summed E-state index contributed by atoms with van der Waals surface area (Å²) in [5.41, 5.74) is 0.821. The number of hydrogen-bond donors (Lipinski definition) is 1. The molecule has 1 saturated heterocycles. The molecule has 0 bridgehead atoms. The highest BCUT2D eigenvalue weighted by molar-refractivity contribution is 5.92. The maximum absolute atomic E-state index is 12.3. The van der Waals surface area contributed by atoms with Gasteiger partial charge in [-0.15, -0.1) is 0 Å². The molecular formula is C15H20N4O2. The molecular weight excluding hydrogens is 268 g/mol. The number of nitrogens with zero attached hydrogens (tertiary/aromatic N) is 4. The maximum Gasteiger partial charge on any atom is 0.272 e. The number of hydrogen-bond acceptors (Lipinski definition) is 5. The molecule has 1 atom stereocenters. The summed E-state index contributed by atoms with van der Waals surface area (Å²) in [5.74, 6) is -0.101. The summed E-state index contributed by atoms with van der Waals surface area (Å²) in [6.45, 7) is 5.01. The summed E-state index contributed by atoms with van der Waals surface area (Å²) in [6.07, 6.45) is 2.32. The van der Waals surface area contributed by atoms with Crippen LogP contribution in [-0.4, -0.2) is 64.6 Å². The molecule has 6 nitrogen and oxygen atoms in total. The van der Waals surface area contributed by atoms with Gasteiger partial charge in [-0.1, -0.05) is 6.92 Å². The van der Waals surface area contributed by atoms with E-state index in [4.69, 9.17) is 5.26 Å². The van der Waals surface area contributed by atoms with Gasteiger partial charge in [0.2, 0.25) is 0 Å². The lowest BCUT2D eigenvalue weighted by Gasteiger charge is -2.38. The van der Waals surface area contributed by atoms with E-state index in [1.807, 2.05) is 6.07 Å². The van der Waals surface area contributed by atoms with Crippen molar-refractivity contribution in [3.63, 3.8) is 0 Å². The van der Waals surface area contributed by atoms with Gasteiger partial charge in [-0.2, -0.15) is 5.26 Å². The van der Waals surface area contributed by atoms with Gasteiger partial charge < -0.3 is 10.0 Å². The number of aliphatic hydroxyl groups excluding tert-OH is 1. The Morgan fingerprint density at radius 1 is 1.43 bits per heavy atom. The number of pyridine rings is 1. The fraction of sp³-hybridized carbons (Fsp3) is 0.533. The first-order valence-corrected chi connectivity index (χ1v) is 7.20. The number of aromatic nitrogens is 1. The van der Waals surface area contributed by atoms with E-state index in [-0.39, 0.29) is 18.6 Å². The monoisotopic (exact) mass is 288 g/mol. The summed E-state index contributed by atoms with van der Waals surface area (Å²) in [6, 6.07) is 5.36. The fourth-order valence-electron chi connectivity index (χ4n) is 2.54. The van der Waals surface area contributed by atoms with Crippen LogP contribution in [0.2, 0.25) is 0 Å². The van der Waals surface area contributed by atoms with Crippen molar-refractivity contribution in [1.29, 1.82) is 5.26 Å². The van der Waals surface area contributed by atoms with Crippen molar-refractivity contribution in [3.05, 3.63) is 29.6 Å². The molecule has 0 saturated carbocycles. The number of carbonyl (C=O) groups is 1. The predicted octanol–water partition coefficient (Wildman–Crippen LogP) is 0.482. The standard InChI is InChI=1S/C15H20N4O2/c1-2-13(11-20)18-5-7-19(8-6-18)15(21)14-4-3-12(9-16)10-17-14/h3-4,10,13,20H,2,5-8,11H2,1H3. The summed E-state index contributed by atoms with van der Waals surface area (Å²) >= 11 is 0. The zero-order valence-electron chi connectivity index (χ0n) is 12.2. The van der Waals surface area contributed by atoms with Crippen molar-refractivity contribution in [2.75, 3.05) is 32.8 Å². The average Bonchev–Trinajstić information content (AvgIpc) is 2.56. The van der Waals surface area contributed by atoms with Gasteiger partial charge in [0, 0.05) is 38.4 Å². The molecule has 1 aliphatic rings. The Morgan fingerprint density at radius 3 is 2.62 bits per heavy atom. The first-order chi connectivity index (χ1) is 10.2. The third kappa shape index (κ3) is 3.57. The molecule has 1 amide bonds. The van der Waals surface area contributed by atoms with Crippen molar-refractivity contribution < 1.29 is 9.90 Å². The Hall–Kier alpha value is -1.97. The van der Waals surface area contributed by atoms with Crippen LogP contribution in [0.15, 0.2) is 18.3 Å². The minimum absolute atomic E-state index is 0.101. The van der Waals surface area contributed by atoms with Crippen LogP contribution in [-0.2, 0) is 0 Å². The van der Waals surface area contributed by atoms with E-state index in [1.165, 1.54) is 6.20 Å². The van der Waals surface area contributed by atoms with Gasteiger partial charge >= 0.3 is 0 Å². The molecule has 1 aliphatic heterocycles. The SMILES string of the molecule is CCC(CO)N1CCN(C(=O)c2ccc(C#N)cn2)CC1. The van der Waals surface area contributed by atoms with Crippen LogP contribution in [0.25, 0.3) is 0 Å². The summed E-state index contributed by atoms with van der Waals surface area (Å²) in [4.78, 5) is 20.4. The number of nitriles is 1. The van der Waals surface area contributed by atoms with Crippen molar-refractivity contribution >= 4 is 5.91 Å². The van der Waals surface area contributed by atoms with Crippen LogP contribution < -0.4 is 0 Å². The first-order valence-electron chi connectivity index (χ1n) is 7.20. The smallest absolute Gasteiger partial charge is 0.272 e. The zero-order chi connectivity index (χ0) is 15.2. The average molecular weight is 288 g/mol. The molecule has 112 valence electrons. The van der Waals surface area contributed by atoms with Gasteiger partial charge in [0.15, 0.2) is 0 Å². The summed E-state index contributed by atoms with van der Waals surface area (Å²) in [7, 11) is 0. The Balaban J connectivity index is 1.95. The van der Waals surface area contributed by atoms with Gasteiger partial charge in [0.1, 0.15) is 11.8 Å². The lowest BCUT2D eigenvalue weighted by atomic mass is 10.1. The Morgan fingerprint density at radius 2 is 2.14 bits per heavy atom. The van der Waals surface area contributed by atoms with E-state index in [2.05, 4.69) is 16.8 Å². The third-order valence-corrected chi connectivity index (χ3v) is 3.91. The Kier molecular flexibility index (Phi) is 5.26. The lowest BCUT2D eigenvalue weighted by molar-refractivity contribution is 0.0468. The normalized spacial score (nSPS) is 17.3. The van der Waals surface area contributed by atoms with E-state index >= 15 is 0 Å². The highest BCUT2D eigenvalue weighted by atomic mass is 16.3. The van der Waals surface area contributed by atoms with Gasteiger partial charge in [0.05, 0.1) is 12.2 Å². The van der Waals surface area contributed by atoms with Crippen molar-refractivity contribution in [2.24, 2.45) is 0 Å². The summed E-state index contributed by atoms with van der Waals surface area (Å²) in [5, 5.41) is 18.1. The van der Waals surface area contributed by atoms with Crippen LogP contribution in [0.5, 0.6) is 0 Å². The largest absolute Gasteiger partial charge is 0.395 e. The van der Waals surface area contributed by atoms with Gasteiger partial charge in [-0.05, 0) is 18.6 Å². The second-order valence-corrected chi connectivity index (χ2v) is 5.12. The molecule has 0 aliphatic carbocycles. The minimum atomic E-state index is -0.101. The first kappa shape index (κ1) is 15.4. The minimum Gasteiger partial charge on any atom is -0.395 e. The highest BCUT2D eigenvalue weighted by Gasteiger charge is 2.25. The van der Waals surface area contributed by atoms with Crippen LogP contribution >= 0.6 is 0 Å². The molecule has 2 rings (SSSR count). The van der Waals surface area contributed by atoms with Gasteiger partial charge in [0.25, 0.3) is 5.91 Å². The molecule has 1 unspecified atom stereocenters. The van der Waals surface area contributed by atoms with E-state index in [9.17, 15) is 9.90 Å². The molecule has 2 heterocycles. The van der Waals surface area contributed by atoms with E-state index < -0.39 is 0 Å². The van der Waals surface area contributed by atoms with Crippen LogP contribution in [0.3, 0.4) is 0 Å². The third-order valence-electron chi connectivity index (χ3n) is 3.91. The molecule has 1 N–H and O–H groups in total. The number of rotatable bonds is 4. The lowest BCUT2D eigenvalue weighted by Crippen LogP contribution is -2.52. The molecule has 0 aromatic carbocycles. The zero-order valence-corrected chi connectivity index (χ0v) is 12.2. The number of aliphatic hydroxyl groups is 1. The van der Waals surface area contributed by atoms with Gasteiger partial charge in [-0.3, -0.25) is 9.69 Å². The van der Waals surface area contributed by atoms with Gasteiger partial charge in [-0.25, -0.2) is 4.98 Å². The molecule has 1 aromatic heterocycles. The van der Waals surface area contributed by atoms with Crippen LogP contribution in [0.1, 0.15) is 29.4 Å². The fourth-order valence-corrected chi connectivity index (χ4v) is 2.54. The second-order valence-electron chi connectivity index (χ2n) is 5.12. The quantitative estimate of drug-likeness (QED) is 0.871. The van der Waals surface area contributed by atoms with Crippen LogP contribution in [0.4, 0.5) is 0 Å². The van der Waals surface area contributed by atoms with E-state index in [0.717, 1.165) is 19.5 Å². The maximum atomic E-state index is 12.3. The van der Waals surface area contributed by atoms with E-state index in [0.29, 0.717) is 24.3 Å². The van der Waals surface area contributed by atoms with Crippen molar-refractivity contribution in [3.8, 4) is 6.07 Å². The molecule has 0 spiro atoms. The molecule has 6 heteroatoms. The number of piperazine rings is 1. The van der Waals surface area contributed by atoms with Crippen LogP contribution in [0, 0.1) is 11.3 Å². The molecule has 0 radical (unpaired) electrons.